The van der Waals surface area contributed by atoms with Gasteiger partial charge in [0.2, 0.25) is 5.91 Å². The number of carboxylic acids is 1. The third-order valence-corrected chi connectivity index (χ3v) is 3.48. The van der Waals surface area contributed by atoms with Crippen LogP contribution in [0.3, 0.4) is 0 Å². The first-order valence-electron chi connectivity index (χ1n) is 6.82. The normalized spacial score (nSPS) is 17.9. The van der Waals surface area contributed by atoms with Crippen molar-refractivity contribution in [2.75, 3.05) is 11.9 Å². The number of aryl methyl sites for hydroxylation is 1. The lowest BCUT2D eigenvalue weighted by molar-refractivity contribution is -0.116. The summed E-state index contributed by atoms with van der Waals surface area (Å²) in [7, 11) is 0. The summed E-state index contributed by atoms with van der Waals surface area (Å²) in [5, 5.41) is 11.8. The van der Waals surface area contributed by atoms with Gasteiger partial charge in [0.05, 0.1) is 17.4 Å². The van der Waals surface area contributed by atoms with Crippen molar-refractivity contribution >= 4 is 17.6 Å². The van der Waals surface area contributed by atoms with E-state index in [2.05, 4.69) is 5.32 Å². The van der Waals surface area contributed by atoms with E-state index in [9.17, 15) is 9.59 Å². The SMILES string of the molecule is Cc1cccc(C(=O)O)c1NC(=O)CCC1CCCO1. The second-order valence-corrected chi connectivity index (χ2v) is 5.02. The van der Waals surface area contributed by atoms with Crippen molar-refractivity contribution in [2.24, 2.45) is 0 Å². The van der Waals surface area contributed by atoms with E-state index in [0.29, 0.717) is 18.5 Å². The van der Waals surface area contributed by atoms with Gasteiger partial charge in [0.1, 0.15) is 0 Å². The molecule has 108 valence electrons. The molecule has 2 rings (SSSR count). The molecular formula is C15H19NO4. The quantitative estimate of drug-likeness (QED) is 0.867. The minimum atomic E-state index is -1.04. The second-order valence-electron chi connectivity index (χ2n) is 5.02. The van der Waals surface area contributed by atoms with Crippen LogP contribution in [0.4, 0.5) is 5.69 Å². The molecule has 1 unspecified atom stereocenters. The number of carboxylic acid groups (broad SMARTS) is 1. The number of hydrogen-bond acceptors (Lipinski definition) is 3. The zero-order chi connectivity index (χ0) is 14.5. The number of para-hydroxylation sites is 1. The fourth-order valence-corrected chi connectivity index (χ4v) is 2.38. The maximum atomic E-state index is 11.9. The average Bonchev–Trinajstić information content (AvgIpc) is 2.91. The van der Waals surface area contributed by atoms with Crippen molar-refractivity contribution in [3.05, 3.63) is 29.3 Å². The first kappa shape index (κ1) is 14.5. The lowest BCUT2D eigenvalue weighted by atomic mass is 10.1. The van der Waals surface area contributed by atoms with Gasteiger partial charge >= 0.3 is 5.97 Å². The number of rotatable bonds is 5. The molecule has 1 amide bonds. The molecule has 0 bridgehead atoms. The van der Waals surface area contributed by atoms with Crippen molar-refractivity contribution in [2.45, 2.75) is 38.7 Å². The Morgan fingerprint density at radius 2 is 2.25 bits per heavy atom. The number of benzene rings is 1. The van der Waals surface area contributed by atoms with Crippen LogP contribution >= 0.6 is 0 Å². The van der Waals surface area contributed by atoms with Gasteiger partial charge in [0, 0.05) is 13.0 Å². The van der Waals surface area contributed by atoms with Gasteiger partial charge in [-0.15, -0.1) is 0 Å². The number of nitrogens with one attached hydrogen (secondary N) is 1. The van der Waals surface area contributed by atoms with Gasteiger partial charge in [0.25, 0.3) is 0 Å². The van der Waals surface area contributed by atoms with Crippen LogP contribution < -0.4 is 5.32 Å². The summed E-state index contributed by atoms with van der Waals surface area (Å²) in [4.78, 5) is 23.1. The zero-order valence-corrected chi connectivity index (χ0v) is 11.5. The van der Waals surface area contributed by atoms with Gasteiger partial charge in [-0.25, -0.2) is 4.79 Å². The number of hydrogen-bond donors (Lipinski definition) is 2. The topological polar surface area (TPSA) is 75.6 Å². The van der Waals surface area contributed by atoms with Gasteiger partial charge in [-0.3, -0.25) is 4.79 Å². The standard InChI is InChI=1S/C15H19NO4/c1-10-4-2-6-12(15(18)19)14(10)16-13(17)8-7-11-5-3-9-20-11/h2,4,6,11H,3,5,7-9H2,1H3,(H,16,17)(H,18,19). The Balaban J connectivity index is 1.98. The third-order valence-electron chi connectivity index (χ3n) is 3.48. The van der Waals surface area contributed by atoms with Crippen LogP contribution in [0.15, 0.2) is 18.2 Å². The summed E-state index contributed by atoms with van der Waals surface area (Å²) < 4.78 is 5.47. The molecule has 1 aromatic carbocycles. The fraction of sp³-hybridized carbons (Fsp3) is 0.467. The summed E-state index contributed by atoms with van der Waals surface area (Å²) in [5.74, 6) is -1.21. The highest BCUT2D eigenvalue weighted by atomic mass is 16.5. The molecule has 5 nitrogen and oxygen atoms in total. The molecule has 0 aromatic heterocycles. The molecule has 5 heteroatoms. The first-order chi connectivity index (χ1) is 9.58. The highest BCUT2D eigenvalue weighted by Gasteiger charge is 2.18. The number of ether oxygens (including phenoxy) is 1. The van der Waals surface area contributed by atoms with Crippen LogP contribution in [0.25, 0.3) is 0 Å². The summed E-state index contributed by atoms with van der Waals surface area (Å²) in [5.41, 5.74) is 1.25. The predicted octanol–water partition coefficient (Wildman–Crippen LogP) is 2.59. The van der Waals surface area contributed by atoms with Gasteiger partial charge in [-0.05, 0) is 37.8 Å². The lowest BCUT2D eigenvalue weighted by Crippen LogP contribution is -2.17. The van der Waals surface area contributed by atoms with Crippen LogP contribution in [-0.4, -0.2) is 29.7 Å². The molecule has 20 heavy (non-hydrogen) atoms. The number of carbonyl (C=O) groups is 2. The maximum Gasteiger partial charge on any atom is 0.337 e. The fourth-order valence-electron chi connectivity index (χ4n) is 2.38. The van der Waals surface area contributed by atoms with Gasteiger partial charge in [-0.1, -0.05) is 12.1 Å². The van der Waals surface area contributed by atoms with Crippen molar-refractivity contribution in [3.63, 3.8) is 0 Å². The molecule has 1 aliphatic rings. The van der Waals surface area contributed by atoms with Crippen molar-refractivity contribution in [1.29, 1.82) is 0 Å². The molecule has 1 saturated heterocycles. The Morgan fingerprint density at radius 3 is 2.90 bits per heavy atom. The largest absolute Gasteiger partial charge is 0.478 e. The maximum absolute atomic E-state index is 11.9. The number of anilines is 1. The minimum absolute atomic E-state index is 0.121. The molecule has 1 heterocycles. The summed E-state index contributed by atoms with van der Waals surface area (Å²) in [6.45, 7) is 2.55. The van der Waals surface area contributed by atoms with E-state index in [1.165, 1.54) is 6.07 Å². The van der Waals surface area contributed by atoms with E-state index in [0.717, 1.165) is 25.0 Å². The molecular weight excluding hydrogens is 258 g/mol. The Kier molecular flexibility index (Phi) is 4.74. The molecule has 1 aliphatic heterocycles. The van der Waals surface area contributed by atoms with Gasteiger partial charge in [-0.2, -0.15) is 0 Å². The van der Waals surface area contributed by atoms with Crippen molar-refractivity contribution in [1.82, 2.24) is 0 Å². The van der Waals surface area contributed by atoms with E-state index < -0.39 is 5.97 Å². The van der Waals surface area contributed by atoms with E-state index >= 15 is 0 Å². The zero-order valence-electron chi connectivity index (χ0n) is 11.5. The van der Waals surface area contributed by atoms with Crippen molar-refractivity contribution in [3.8, 4) is 0 Å². The van der Waals surface area contributed by atoms with E-state index in [-0.39, 0.29) is 17.6 Å². The predicted molar refractivity (Wildman–Crippen MR) is 75.0 cm³/mol. The Morgan fingerprint density at radius 1 is 1.45 bits per heavy atom. The van der Waals surface area contributed by atoms with E-state index in [1.807, 2.05) is 0 Å². The Bertz CT molecular complexity index is 507. The summed E-state index contributed by atoms with van der Waals surface area (Å²) in [6, 6.07) is 4.94. The molecule has 1 atom stereocenters. The molecule has 0 radical (unpaired) electrons. The average molecular weight is 277 g/mol. The van der Waals surface area contributed by atoms with Crippen LogP contribution in [-0.2, 0) is 9.53 Å². The highest BCUT2D eigenvalue weighted by molar-refractivity contribution is 6.01. The van der Waals surface area contributed by atoms with Gasteiger partial charge in [0.15, 0.2) is 0 Å². The highest BCUT2D eigenvalue weighted by Crippen LogP contribution is 2.22. The first-order valence-corrected chi connectivity index (χ1v) is 6.82. The minimum Gasteiger partial charge on any atom is -0.478 e. The van der Waals surface area contributed by atoms with Gasteiger partial charge < -0.3 is 15.2 Å². The number of aromatic carboxylic acids is 1. The smallest absolute Gasteiger partial charge is 0.337 e. The molecule has 0 saturated carbocycles. The van der Waals surface area contributed by atoms with Crippen LogP contribution in [0.2, 0.25) is 0 Å². The number of carbonyl (C=O) groups excluding carboxylic acids is 1. The molecule has 0 aliphatic carbocycles. The summed E-state index contributed by atoms with van der Waals surface area (Å²) in [6.07, 6.45) is 3.24. The second kappa shape index (κ2) is 6.52. The Hall–Kier alpha value is -1.88. The van der Waals surface area contributed by atoms with E-state index in [4.69, 9.17) is 9.84 Å². The monoisotopic (exact) mass is 277 g/mol. The van der Waals surface area contributed by atoms with Crippen LogP contribution in [0, 0.1) is 6.92 Å². The number of amides is 1. The lowest BCUT2D eigenvalue weighted by Gasteiger charge is -2.13. The van der Waals surface area contributed by atoms with Crippen molar-refractivity contribution < 1.29 is 19.4 Å². The van der Waals surface area contributed by atoms with Crippen LogP contribution in [0.5, 0.6) is 0 Å². The van der Waals surface area contributed by atoms with Crippen LogP contribution in [0.1, 0.15) is 41.6 Å². The molecule has 1 fully saturated rings. The summed E-state index contributed by atoms with van der Waals surface area (Å²) >= 11 is 0. The molecule has 1 aromatic rings. The Labute approximate surface area is 117 Å². The molecule has 0 spiro atoms. The third kappa shape index (κ3) is 3.57. The van der Waals surface area contributed by atoms with E-state index in [1.54, 1.807) is 19.1 Å². The molecule has 2 N–H and O–H groups in total.